The topological polar surface area (TPSA) is 66.6 Å². The molecule has 0 aromatic carbocycles. The summed E-state index contributed by atoms with van der Waals surface area (Å²) in [6.45, 7) is 2.90. The fraction of sp³-hybridized carbons (Fsp3) is 0.556. The molecule has 1 heterocycles. The Bertz CT molecular complexity index is 309. The van der Waals surface area contributed by atoms with Gasteiger partial charge in [0.1, 0.15) is 6.26 Å². The van der Waals surface area contributed by atoms with E-state index in [0.717, 1.165) is 25.6 Å². The van der Waals surface area contributed by atoms with Gasteiger partial charge in [-0.3, -0.25) is 0 Å². The lowest BCUT2D eigenvalue weighted by atomic mass is 10.3. The molecular weight excluding hydrogens is 184 g/mol. The van der Waals surface area contributed by atoms with Gasteiger partial charge >= 0.3 is 5.97 Å². The van der Waals surface area contributed by atoms with Gasteiger partial charge in [-0.2, -0.15) is 4.98 Å². The van der Waals surface area contributed by atoms with E-state index in [1.165, 1.54) is 0 Å². The minimum Gasteiger partial charge on any atom is -0.476 e. The average Bonchev–Trinajstić information content (AvgIpc) is 2.62. The SMILES string of the molecule is CCCCN(C)c1nc(C(=O)O)co1. The Kier molecular flexibility index (Phi) is 3.50. The highest BCUT2D eigenvalue weighted by Gasteiger charge is 2.12. The van der Waals surface area contributed by atoms with Crippen molar-refractivity contribution in [2.75, 3.05) is 18.5 Å². The van der Waals surface area contributed by atoms with Crippen molar-refractivity contribution in [3.63, 3.8) is 0 Å². The quantitative estimate of drug-likeness (QED) is 0.778. The number of carboxylic acid groups (broad SMARTS) is 1. The van der Waals surface area contributed by atoms with Crippen LogP contribution in [0.4, 0.5) is 6.01 Å². The molecule has 78 valence electrons. The average molecular weight is 198 g/mol. The van der Waals surface area contributed by atoms with Gasteiger partial charge in [0.25, 0.3) is 6.01 Å². The van der Waals surface area contributed by atoms with Crippen LogP contribution in [0.1, 0.15) is 30.3 Å². The molecule has 0 fully saturated rings. The molecule has 0 aliphatic carbocycles. The first-order chi connectivity index (χ1) is 6.65. The summed E-state index contributed by atoms with van der Waals surface area (Å²) in [6.07, 6.45) is 3.26. The Labute approximate surface area is 82.4 Å². The van der Waals surface area contributed by atoms with Gasteiger partial charge in [-0.05, 0) is 6.42 Å². The highest BCUT2D eigenvalue weighted by Crippen LogP contribution is 2.12. The van der Waals surface area contributed by atoms with Gasteiger partial charge in [0, 0.05) is 13.6 Å². The lowest BCUT2D eigenvalue weighted by Gasteiger charge is -2.12. The van der Waals surface area contributed by atoms with E-state index in [9.17, 15) is 4.79 Å². The van der Waals surface area contributed by atoms with Crippen LogP contribution < -0.4 is 4.90 Å². The highest BCUT2D eigenvalue weighted by molar-refractivity contribution is 5.85. The number of carboxylic acids is 1. The van der Waals surface area contributed by atoms with E-state index in [1.54, 1.807) is 4.90 Å². The summed E-state index contributed by atoms with van der Waals surface area (Å²) >= 11 is 0. The number of carbonyl (C=O) groups is 1. The van der Waals surface area contributed by atoms with Crippen LogP contribution in [0.5, 0.6) is 0 Å². The normalized spacial score (nSPS) is 10.1. The lowest BCUT2D eigenvalue weighted by Crippen LogP contribution is -2.18. The Morgan fingerprint density at radius 1 is 1.71 bits per heavy atom. The summed E-state index contributed by atoms with van der Waals surface area (Å²) in [5, 5.41) is 8.61. The van der Waals surface area contributed by atoms with Crippen LogP contribution in [0, 0.1) is 0 Å². The molecule has 1 rings (SSSR count). The fourth-order valence-electron chi connectivity index (χ4n) is 1.03. The molecule has 1 aromatic heterocycles. The molecule has 1 N–H and O–H groups in total. The van der Waals surface area contributed by atoms with Crippen LogP contribution in [-0.2, 0) is 0 Å². The monoisotopic (exact) mass is 198 g/mol. The zero-order valence-electron chi connectivity index (χ0n) is 8.36. The van der Waals surface area contributed by atoms with Crippen molar-refractivity contribution in [1.29, 1.82) is 0 Å². The minimum absolute atomic E-state index is 0.0525. The number of aromatic nitrogens is 1. The van der Waals surface area contributed by atoms with Crippen LogP contribution in [-0.4, -0.2) is 29.7 Å². The molecule has 0 bridgehead atoms. The third-order valence-corrected chi connectivity index (χ3v) is 1.88. The largest absolute Gasteiger partial charge is 0.476 e. The van der Waals surface area contributed by atoms with E-state index in [-0.39, 0.29) is 5.69 Å². The second-order valence-corrected chi connectivity index (χ2v) is 3.10. The maximum atomic E-state index is 10.5. The number of rotatable bonds is 5. The van der Waals surface area contributed by atoms with E-state index >= 15 is 0 Å². The molecule has 0 saturated heterocycles. The molecule has 14 heavy (non-hydrogen) atoms. The smallest absolute Gasteiger partial charge is 0.357 e. The fourth-order valence-corrected chi connectivity index (χ4v) is 1.03. The van der Waals surface area contributed by atoms with E-state index < -0.39 is 5.97 Å². The predicted octanol–water partition coefficient (Wildman–Crippen LogP) is 1.61. The molecule has 0 saturated carbocycles. The van der Waals surface area contributed by atoms with Gasteiger partial charge in [-0.15, -0.1) is 0 Å². The molecule has 0 atom stereocenters. The lowest BCUT2D eigenvalue weighted by molar-refractivity contribution is 0.0690. The Hall–Kier alpha value is -1.52. The Morgan fingerprint density at radius 3 is 2.93 bits per heavy atom. The van der Waals surface area contributed by atoms with E-state index in [4.69, 9.17) is 9.52 Å². The van der Waals surface area contributed by atoms with Gasteiger partial charge in [0.15, 0.2) is 5.69 Å². The van der Waals surface area contributed by atoms with Crippen molar-refractivity contribution in [3.8, 4) is 0 Å². The molecular formula is C9H14N2O3. The third kappa shape index (κ3) is 2.48. The van der Waals surface area contributed by atoms with Crippen molar-refractivity contribution in [2.24, 2.45) is 0 Å². The van der Waals surface area contributed by atoms with Crippen LogP contribution in [0.2, 0.25) is 0 Å². The molecule has 5 heteroatoms. The number of hydrogen-bond acceptors (Lipinski definition) is 4. The minimum atomic E-state index is -1.07. The van der Waals surface area contributed by atoms with Crippen molar-refractivity contribution < 1.29 is 14.3 Å². The number of nitrogens with zero attached hydrogens (tertiary/aromatic N) is 2. The van der Waals surface area contributed by atoms with E-state index in [1.807, 2.05) is 7.05 Å². The second kappa shape index (κ2) is 4.64. The third-order valence-electron chi connectivity index (χ3n) is 1.88. The van der Waals surface area contributed by atoms with Crippen molar-refractivity contribution in [1.82, 2.24) is 4.98 Å². The standard InChI is InChI=1S/C9H14N2O3/c1-3-4-5-11(2)9-10-7(6-14-9)8(12)13/h6H,3-5H2,1-2H3,(H,12,13). The van der Waals surface area contributed by atoms with E-state index in [2.05, 4.69) is 11.9 Å². The highest BCUT2D eigenvalue weighted by atomic mass is 16.4. The van der Waals surface area contributed by atoms with Crippen LogP contribution in [0.25, 0.3) is 0 Å². The van der Waals surface area contributed by atoms with Gasteiger partial charge in [0.2, 0.25) is 0 Å². The molecule has 0 amide bonds. The number of aromatic carboxylic acids is 1. The molecule has 0 aliphatic heterocycles. The number of anilines is 1. The summed E-state index contributed by atoms with van der Waals surface area (Å²) in [5.41, 5.74) is -0.0525. The molecule has 5 nitrogen and oxygen atoms in total. The zero-order valence-corrected chi connectivity index (χ0v) is 8.36. The first kappa shape index (κ1) is 10.6. The first-order valence-electron chi connectivity index (χ1n) is 4.55. The van der Waals surface area contributed by atoms with Gasteiger partial charge in [-0.25, -0.2) is 4.79 Å². The number of oxazole rings is 1. The van der Waals surface area contributed by atoms with Crippen LogP contribution >= 0.6 is 0 Å². The van der Waals surface area contributed by atoms with Crippen molar-refractivity contribution in [2.45, 2.75) is 19.8 Å². The molecule has 0 unspecified atom stereocenters. The number of hydrogen-bond donors (Lipinski definition) is 1. The predicted molar refractivity (Wildman–Crippen MR) is 51.6 cm³/mol. The summed E-state index contributed by atoms with van der Waals surface area (Å²) < 4.78 is 5.02. The maximum absolute atomic E-state index is 10.5. The number of unbranched alkanes of at least 4 members (excludes halogenated alkanes) is 1. The van der Waals surface area contributed by atoms with Crippen LogP contribution in [0.15, 0.2) is 10.7 Å². The molecule has 0 radical (unpaired) electrons. The molecule has 1 aromatic rings. The summed E-state index contributed by atoms with van der Waals surface area (Å²) in [6, 6.07) is 0.357. The summed E-state index contributed by atoms with van der Waals surface area (Å²) in [4.78, 5) is 16.1. The van der Waals surface area contributed by atoms with Gasteiger partial charge in [-0.1, -0.05) is 13.3 Å². The molecule has 0 spiro atoms. The van der Waals surface area contributed by atoms with E-state index in [0.29, 0.717) is 6.01 Å². The summed E-state index contributed by atoms with van der Waals surface area (Å²) in [5.74, 6) is -1.07. The Balaban J connectivity index is 2.61. The first-order valence-corrected chi connectivity index (χ1v) is 4.55. The summed E-state index contributed by atoms with van der Waals surface area (Å²) in [7, 11) is 1.83. The van der Waals surface area contributed by atoms with Crippen LogP contribution in [0.3, 0.4) is 0 Å². The van der Waals surface area contributed by atoms with Crippen molar-refractivity contribution in [3.05, 3.63) is 12.0 Å². The van der Waals surface area contributed by atoms with Gasteiger partial charge < -0.3 is 14.4 Å². The van der Waals surface area contributed by atoms with Crippen molar-refractivity contribution >= 4 is 12.0 Å². The maximum Gasteiger partial charge on any atom is 0.357 e. The van der Waals surface area contributed by atoms with Gasteiger partial charge in [0.05, 0.1) is 0 Å². The second-order valence-electron chi connectivity index (χ2n) is 3.10. The zero-order chi connectivity index (χ0) is 10.6. The Morgan fingerprint density at radius 2 is 2.43 bits per heavy atom. The molecule has 0 aliphatic rings.